The lowest BCUT2D eigenvalue weighted by atomic mass is 9.98. The van der Waals surface area contributed by atoms with E-state index < -0.39 is 6.09 Å². The molecule has 0 aromatic heterocycles. The highest BCUT2D eigenvalue weighted by molar-refractivity contribution is 5.64. The van der Waals surface area contributed by atoms with Gasteiger partial charge in [0.05, 0.1) is 0 Å². The number of carboxylic acid groups (broad SMARTS) is 1. The predicted octanol–water partition coefficient (Wildman–Crippen LogP) is 2.15. The molecule has 1 amide bonds. The average Bonchev–Trinajstić information content (AvgIpc) is 2.64. The van der Waals surface area contributed by atoms with Gasteiger partial charge in [-0.25, -0.2) is 4.79 Å². The standard InChI is InChI=1S/C13H24N2O2/c1-10-3-2-6-15(8-10)9-11-4-5-12(7-11)14-13(16)17/h10-12,14H,2-9H2,1H3,(H,16,17)/t10?,11-,12?/m0/s1. The van der Waals surface area contributed by atoms with Crippen molar-refractivity contribution < 1.29 is 9.90 Å². The molecule has 1 aliphatic carbocycles. The number of carbonyl (C=O) groups is 1. The van der Waals surface area contributed by atoms with Gasteiger partial charge >= 0.3 is 6.09 Å². The zero-order chi connectivity index (χ0) is 12.3. The number of nitrogens with zero attached hydrogens (tertiary/aromatic N) is 1. The van der Waals surface area contributed by atoms with E-state index in [1.165, 1.54) is 38.9 Å². The Labute approximate surface area is 103 Å². The highest BCUT2D eigenvalue weighted by Gasteiger charge is 2.28. The maximum Gasteiger partial charge on any atom is 0.404 e. The van der Waals surface area contributed by atoms with Gasteiger partial charge in [0.15, 0.2) is 0 Å². The summed E-state index contributed by atoms with van der Waals surface area (Å²) < 4.78 is 0. The van der Waals surface area contributed by atoms with E-state index in [1.54, 1.807) is 0 Å². The minimum atomic E-state index is -0.873. The number of nitrogens with one attached hydrogen (secondary N) is 1. The molecule has 0 bridgehead atoms. The Morgan fingerprint density at radius 3 is 2.94 bits per heavy atom. The molecule has 2 N–H and O–H groups in total. The number of likely N-dealkylation sites (tertiary alicyclic amines) is 1. The van der Waals surface area contributed by atoms with Crippen molar-refractivity contribution in [1.29, 1.82) is 0 Å². The lowest BCUT2D eigenvalue weighted by Crippen LogP contribution is -2.38. The summed E-state index contributed by atoms with van der Waals surface area (Å²) in [5.74, 6) is 1.52. The summed E-state index contributed by atoms with van der Waals surface area (Å²) >= 11 is 0. The van der Waals surface area contributed by atoms with Crippen molar-refractivity contribution in [2.75, 3.05) is 19.6 Å². The predicted molar refractivity (Wildman–Crippen MR) is 67.1 cm³/mol. The van der Waals surface area contributed by atoms with E-state index in [1.807, 2.05) is 0 Å². The molecule has 4 heteroatoms. The zero-order valence-corrected chi connectivity index (χ0v) is 10.7. The van der Waals surface area contributed by atoms with E-state index in [9.17, 15) is 4.79 Å². The molecule has 1 aliphatic heterocycles. The Balaban J connectivity index is 1.71. The van der Waals surface area contributed by atoms with Gasteiger partial charge in [0.2, 0.25) is 0 Å². The molecule has 98 valence electrons. The van der Waals surface area contributed by atoms with E-state index in [4.69, 9.17) is 5.11 Å². The van der Waals surface area contributed by atoms with Crippen LogP contribution < -0.4 is 5.32 Å². The summed E-state index contributed by atoms with van der Waals surface area (Å²) in [6.45, 7) is 5.96. The summed E-state index contributed by atoms with van der Waals surface area (Å²) in [4.78, 5) is 13.1. The van der Waals surface area contributed by atoms with Gasteiger partial charge in [-0.2, -0.15) is 0 Å². The second-order valence-corrected chi connectivity index (χ2v) is 5.83. The molecule has 1 heterocycles. The third-order valence-corrected chi connectivity index (χ3v) is 4.13. The molecule has 1 saturated heterocycles. The monoisotopic (exact) mass is 240 g/mol. The summed E-state index contributed by atoms with van der Waals surface area (Å²) in [6, 6.07) is 0.194. The number of rotatable bonds is 3. The van der Waals surface area contributed by atoms with Crippen LogP contribution in [-0.2, 0) is 0 Å². The maximum atomic E-state index is 10.6. The average molecular weight is 240 g/mol. The molecule has 2 rings (SSSR count). The van der Waals surface area contributed by atoms with Crippen molar-refractivity contribution in [3.8, 4) is 0 Å². The summed E-state index contributed by atoms with van der Waals surface area (Å²) in [5, 5.41) is 11.3. The molecule has 17 heavy (non-hydrogen) atoms. The van der Waals surface area contributed by atoms with Gasteiger partial charge in [-0.3, -0.25) is 0 Å². The summed E-state index contributed by atoms with van der Waals surface area (Å²) in [6.07, 6.45) is 5.03. The molecular formula is C13H24N2O2. The van der Waals surface area contributed by atoms with Crippen LogP contribution in [0.15, 0.2) is 0 Å². The first-order chi connectivity index (χ1) is 8.13. The lowest BCUT2D eigenvalue weighted by molar-refractivity contribution is 0.158. The molecule has 2 unspecified atom stereocenters. The SMILES string of the molecule is CC1CCCN(C[C@H]2CCC(NC(=O)O)C2)C1. The Kier molecular flexibility index (Phi) is 4.26. The molecule has 4 nitrogen and oxygen atoms in total. The normalized spacial score (nSPS) is 34.8. The Hall–Kier alpha value is -0.770. The van der Waals surface area contributed by atoms with Crippen LogP contribution in [0.1, 0.15) is 39.0 Å². The second-order valence-electron chi connectivity index (χ2n) is 5.83. The molecule has 0 aromatic carbocycles. The quantitative estimate of drug-likeness (QED) is 0.794. The Morgan fingerprint density at radius 1 is 1.41 bits per heavy atom. The molecule has 3 atom stereocenters. The second kappa shape index (κ2) is 5.71. The minimum Gasteiger partial charge on any atom is -0.465 e. The van der Waals surface area contributed by atoms with Crippen molar-refractivity contribution in [1.82, 2.24) is 10.2 Å². The summed E-state index contributed by atoms with van der Waals surface area (Å²) in [5.41, 5.74) is 0. The maximum absolute atomic E-state index is 10.6. The van der Waals surface area contributed by atoms with Crippen LogP contribution >= 0.6 is 0 Å². The first-order valence-electron chi connectivity index (χ1n) is 6.85. The van der Waals surface area contributed by atoms with Gasteiger partial charge in [0.1, 0.15) is 0 Å². The van der Waals surface area contributed by atoms with Crippen LogP contribution in [-0.4, -0.2) is 41.8 Å². The third kappa shape index (κ3) is 3.87. The van der Waals surface area contributed by atoms with Crippen LogP contribution in [0, 0.1) is 11.8 Å². The molecule has 0 aromatic rings. The molecular weight excluding hydrogens is 216 g/mol. The number of amides is 1. The molecule has 2 fully saturated rings. The van der Waals surface area contributed by atoms with Gasteiger partial charge in [-0.15, -0.1) is 0 Å². The van der Waals surface area contributed by atoms with Gasteiger partial charge in [-0.1, -0.05) is 6.92 Å². The lowest BCUT2D eigenvalue weighted by Gasteiger charge is -2.32. The van der Waals surface area contributed by atoms with E-state index in [0.717, 1.165) is 18.8 Å². The molecule has 1 saturated carbocycles. The first kappa shape index (κ1) is 12.7. The van der Waals surface area contributed by atoms with Crippen LogP contribution in [0.2, 0.25) is 0 Å². The minimum absolute atomic E-state index is 0.194. The molecule has 2 aliphatic rings. The van der Waals surface area contributed by atoms with Crippen molar-refractivity contribution in [3.05, 3.63) is 0 Å². The Morgan fingerprint density at radius 2 is 2.24 bits per heavy atom. The third-order valence-electron chi connectivity index (χ3n) is 4.13. The van der Waals surface area contributed by atoms with Crippen molar-refractivity contribution in [2.45, 2.75) is 45.1 Å². The van der Waals surface area contributed by atoms with Crippen LogP contribution in [0.5, 0.6) is 0 Å². The van der Waals surface area contributed by atoms with E-state index in [2.05, 4.69) is 17.1 Å². The van der Waals surface area contributed by atoms with E-state index in [0.29, 0.717) is 5.92 Å². The van der Waals surface area contributed by atoms with Crippen LogP contribution in [0.4, 0.5) is 4.79 Å². The molecule has 0 spiro atoms. The van der Waals surface area contributed by atoms with Crippen LogP contribution in [0.3, 0.4) is 0 Å². The fraction of sp³-hybridized carbons (Fsp3) is 0.923. The topological polar surface area (TPSA) is 52.6 Å². The van der Waals surface area contributed by atoms with Gasteiger partial charge in [0, 0.05) is 19.1 Å². The smallest absolute Gasteiger partial charge is 0.404 e. The highest BCUT2D eigenvalue weighted by atomic mass is 16.4. The van der Waals surface area contributed by atoms with E-state index in [-0.39, 0.29) is 6.04 Å². The van der Waals surface area contributed by atoms with Crippen molar-refractivity contribution in [3.63, 3.8) is 0 Å². The van der Waals surface area contributed by atoms with Gasteiger partial charge in [0.25, 0.3) is 0 Å². The van der Waals surface area contributed by atoms with Crippen molar-refractivity contribution in [2.24, 2.45) is 11.8 Å². The molecule has 0 radical (unpaired) electrons. The highest BCUT2D eigenvalue weighted by Crippen LogP contribution is 2.27. The zero-order valence-electron chi connectivity index (χ0n) is 10.7. The fourth-order valence-corrected chi connectivity index (χ4v) is 3.36. The Bertz CT molecular complexity index is 270. The van der Waals surface area contributed by atoms with Crippen molar-refractivity contribution >= 4 is 6.09 Å². The van der Waals surface area contributed by atoms with Crippen LogP contribution in [0.25, 0.3) is 0 Å². The first-order valence-corrected chi connectivity index (χ1v) is 6.85. The fourth-order valence-electron chi connectivity index (χ4n) is 3.36. The largest absolute Gasteiger partial charge is 0.465 e. The number of piperidine rings is 1. The van der Waals surface area contributed by atoms with Gasteiger partial charge in [-0.05, 0) is 50.5 Å². The van der Waals surface area contributed by atoms with Gasteiger partial charge < -0.3 is 15.3 Å². The number of hydrogen-bond donors (Lipinski definition) is 2. The number of hydrogen-bond acceptors (Lipinski definition) is 2. The summed E-state index contributed by atoms with van der Waals surface area (Å²) in [7, 11) is 0. The van der Waals surface area contributed by atoms with E-state index >= 15 is 0 Å².